The molecule has 0 spiro atoms. The van der Waals surface area contributed by atoms with E-state index in [0.717, 1.165) is 44.6 Å². The van der Waals surface area contributed by atoms with Crippen molar-refractivity contribution in [2.75, 3.05) is 0 Å². The van der Waals surface area contributed by atoms with Crippen molar-refractivity contribution in [3.8, 4) is 0 Å². The molecule has 1 N–H and O–H groups in total. The van der Waals surface area contributed by atoms with Crippen molar-refractivity contribution < 1.29 is 18.3 Å². The van der Waals surface area contributed by atoms with Crippen molar-refractivity contribution in [1.29, 1.82) is 0 Å². The van der Waals surface area contributed by atoms with Gasteiger partial charge in [-0.15, -0.1) is 0 Å². The molecule has 20 heavy (non-hydrogen) atoms. The van der Waals surface area contributed by atoms with Gasteiger partial charge in [-0.3, -0.25) is 0 Å². The molecule has 1 unspecified atom stereocenters. The Hall–Kier alpha value is -1.03. The predicted molar refractivity (Wildman–Crippen MR) is 72.2 cm³/mol. The number of hydrogen-bond acceptors (Lipinski definition) is 1. The summed E-state index contributed by atoms with van der Waals surface area (Å²) in [7, 11) is 0. The lowest BCUT2D eigenvalue weighted by atomic mass is 9.83. The maximum atomic E-state index is 13.0. The second-order valence-corrected chi connectivity index (χ2v) is 5.64. The highest BCUT2D eigenvalue weighted by molar-refractivity contribution is 5.31. The minimum absolute atomic E-state index is 0.0329. The largest absolute Gasteiger partial charge is 0.416 e. The van der Waals surface area contributed by atoms with Gasteiger partial charge in [0.2, 0.25) is 0 Å². The van der Waals surface area contributed by atoms with Gasteiger partial charge in [-0.2, -0.15) is 13.2 Å². The van der Waals surface area contributed by atoms with Crippen LogP contribution in [0.15, 0.2) is 24.3 Å². The molecule has 1 fully saturated rings. The molecule has 0 radical (unpaired) electrons. The number of aliphatic hydroxyl groups excluding tert-OH is 1. The van der Waals surface area contributed by atoms with Crippen molar-refractivity contribution in [3.63, 3.8) is 0 Å². The lowest BCUT2D eigenvalue weighted by Gasteiger charge is -2.27. The van der Waals surface area contributed by atoms with Gasteiger partial charge in [0.25, 0.3) is 0 Å². The Morgan fingerprint density at radius 3 is 2.10 bits per heavy atom. The van der Waals surface area contributed by atoms with Gasteiger partial charge in [-0.05, 0) is 30.4 Å². The number of halogens is 3. The molecule has 0 amide bonds. The Morgan fingerprint density at radius 2 is 1.50 bits per heavy atom. The van der Waals surface area contributed by atoms with Crippen LogP contribution in [0.3, 0.4) is 0 Å². The standard InChI is InChI=1S/C16H21F3O/c17-16(18,19)14-11-7-6-10-13(14)15(20)12-8-4-2-1-3-5-9-12/h6-7,10-12,15,20H,1-5,8-9H2. The topological polar surface area (TPSA) is 20.2 Å². The SMILES string of the molecule is OC(c1ccccc1C(F)(F)F)C1CCCCCCC1. The lowest BCUT2D eigenvalue weighted by Crippen LogP contribution is -2.19. The van der Waals surface area contributed by atoms with Crippen LogP contribution in [0, 0.1) is 5.92 Å². The Labute approximate surface area is 117 Å². The average Bonchev–Trinajstić information content (AvgIpc) is 2.37. The smallest absolute Gasteiger partial charge is 0.388 e. The highest BCUT2D eigenvalue weighted by atomic mass is 19.4. The number of alkyl halides is 3. The fraction of sp³-hybridized carbons (Fsp3) is 0.625. The molecule has 1 aromatic carbocycles. The third kappa shape index (κ3) is 3.75. The fourth-order valence-electron chi connectivity index (χ4n) is 3.07. The quantitative estimate of drug-likeness (QED) is 0.802. The first-order valence-corrected chi connectivity index (χ1v) is 7.34. The molecule has 1 atom stereocenters. The van der Waals surface area contributed by atoms with Crippen molar-refractivity contribution in [2.24, 2.45) is 5.92 Å². The summed E-state index contributed by atoms with van der Waals surface area (Å²) < 4.78 is 39.0. The highest BCUT2D eigenvalue weighted by Gasteiger charge is 2.36. The van der Waals surface area contributed by atoms with E-state index in [2.05, 4.69) is 0 Å². The zero-order chi connectivity index (χ0) is 14.6. The van der Waals surface area contributed by atoms with E-state index in [4.69, 9.17) is 0 Å². The minimum Gasteiger partial charge on any atom is -0.388 e. The van der Waals surface area contributed by atoms with Crippen LogP contribution in [-0.2, 0) is 6.18 Å². The van der Waals surface area contributed by atoms with E-state index in [9.17, 15) is 18.3 Å². The normalized spacial score (nSPS) is 20.2. The molecule has 0 aliphatic heterocycles. The summed E-state index contributed by atoms with van der Waals surface area (Å²) in [6.07, 6.45) is 1.63. The van der Waals surface area contributed by atoms with E-state index in [-0.39, 0.29) is 11.5 Å². The Bertz CT molecular complexity index is 420. The van der Waals surface area contributed by atoms with Crippen LogP contribution in [0.5, 0.6) is 0 Å². The van der Waals surface area contributed by atoms with E-state index < -0.39 is 17.8 Å². The zero-order valence-corrected chi connectivity index (χ0v) is 11.5. The maximum absolute atomic E-state index is 13.0. The molecule has 0 heterocycles. The summed E-state index contributed by atoms with van der Waals surface area (Å²) in [5, 5.41) is 10.4. The van der Waals surface area contributed by atoms with Gasteiger partial charge >= 0.3 is 6.18 Å². The van der Waals surface area contributed by atoms with Crippen LogP contribution in [0.4, 0.5) is 13.2 Å². The zero-order valence-electron chi connectivity index (χ0n) is 11.5. The van der Waals surface area contributed by atoms with E-state index in [1.807, 2.05) is 0 Å². The van der Waals surface area contributed by atoms with E-state index >= 15 is 0 Å². The summed E-state index contributed by atoms with van der Waals surface area (Å²) >= 11 is 0. The Morgan fingerprint density at radius 1 is 0.950 bits per heavy atom. The molecule has 2 rings (SSSR count). The molecule has 1 aliphatic carbocycles. The molecule has 0 saturated heterocycles. The summed E-state index contributed by atoms with van der Waals surface area (Å²) in [6.45, 7) is 0. The van der Waals surface area contributed by atoms with E-state index in [1.54, 1.807) is 6.07 Å². The van der Waals surface area contributed by atoms with Crippen LogP contribution < -0.4 is 0 Å². The van der Waals surface area contributed by atoms with Gasteiger partial charge in [0.15, 0.2) is 0 Å². The predicted octanol–water partition coefficient (Wildman–Crippen LogP) is 5.10. The maximum Gasteiger partial charge on any atom is 0.416 e. The lowest BCUT2D eigenvalue weighted by molar-refractivity contribution is -0.139. The van der Waals surface area contributed by atoms with Gasteiger partial charge in [0, 0.05) is 0 Å². The number of rotatable bonds is 2. The first kappa shape index (κ1) is 15.4. The number of aliphatic hydroxyl groups is 1. The van der Waals surface area contributed by atoms with Gasteiger partial charge in [-0.25, -0.2) is 0 Å². The van der Waals surface area contributed by atoms with Crippen LogP contribution >= 0.6 is 0 Å². The van der Waals surface area contributed by atoms with Gasteiger partial charge < -0.3 is 5.11 Å². The summed E-state index contributed by atoms with van der Waals surface area (Å²) in [5.41, 5.74) is -0.667. The third-order valence-electron chi connectivity index (χ3n) is 4.18. The Balaban J connectivity index is 2.21. The summed E-state index contributed by atoms with van der Waals surface area (Å²) in [4.78, 5) is 0. The van der Waals surface area contributed by atoms with Crippen molar-refractivity contribution in [3.05, 3.63) is 35.4 Å². The molecular formula is C16H21F3O. The van der Waals surface area contributed by atoms with Crippen LogP contribution in [0.25, 0.3) is 0 Å². The molecule has 4 heteroatoms. The molecule has 1 nitrogen and oxygen atoms in total. The first-order valence-electron chi connectivity index (χ1n) is 7.34. The second kappa shape index (κ2) is 6.61. The molecule has 1 aromatic rings. The van der Waals surface area contributed by atoms with Crippen molar-refractivity contribution >= 4 is 0 Å². The molecule has 1 saturated carbocycles. The molecule has 112 valence electrons. The second-order valence-electron chi connectivity index (χ2n) is 5.64. The van der Waals surface area contributed by atoms with E-state index in [1.165, 1.54) is 18.6 Å². The molecule has 0 aromatic heterocycles. The fourth-order valence-corrected chi connectivity index (χ4v) is 3.07. The Kier molecular flexibility index (Phi) is 5.08. The monoisotopic (exact) mass is 286 g/mol. The van der Waals surface area contributed by atoms with E-state index in [0.29, 0.717) is 0 Å². The van der Waals surface area contributed by atoms with Crippen molar-refractivity contribution in [1.82, 2.24) is 0 Å². The third-order valence-corrected chi connectivity index (χ3v) is 4.18. The summed E-state index contributed by atoms with van der Waals surface area (Å²) in [6, 6.07) is 5.40. The highest BCUT2D eigenvalue weighted by Crippen LogP contribution is 2.39. The molecule has 1 aliphatic rings. The van der Waals surface area contributed by atoms with Gasteiger partial charge in [0.05, 0.1) is 11.7 Å². The first-order chi connectivity index (χ1) is 9.50. The summed E-state index contributed by atoms with van der Waals surface area (Å²) in [5.74, 6) is -0.0567. The molecular weight excluding hydrogens is 265 g/mol. The molecule has 0 bridgehead atoms. The average molecular weight is 286 g/mol. The van der Waals surface area contributed by atoms with Crippen LogP contribution in [-0.4, -0.2) is 5.11 Å². The number of benzene rings is 1. The van der Waals surface area contributed by atoms with Gasteiger partial charge in [-0.1, -0.05) is 50.3 Å². The van der Waals surface area contributed by atoms with Crippen LogP contribution in [0.2, 0.25) is 0 Å². The van der Waals surface area contributed by atoms with Crippen molar-refractivity contribution in [2.45, 2.75) is 57.2 Å². The minimum atomic E-state index is -4.40. The van der Waals surface area contributed by atoms with Crippen LogP contribution in [0.1, 0.15) is 62.2 Å². The van der Waals surface area contributed by atoms with Gasteiger partial charge in [0.1, 0.15) is 0 Å². The number of hydrogen-bond donors (Lipinski definition) is 1.